The number of sulfone groups is 1. The van der Waals surface area contributed by atoms with Gasteiger partial charge in [0, 0.05) is 40.4 Å². The van der Waals surface area contributed by atoms with E-state index < -0.39 is 20.0 Å². The van der Waals surface area contributed by atoms with Gasteiger partial charge in [-0.25, -0.2) is 8.42 Å². The number of amides is 1. The van der Waals surface area contributed by atoms with Gasteiger partial charge in [0.1, 0.15) is 4.75 Å². The van der Waals surface area contributed by atoms with Crippen molar-refractivity contribution in [2.75, 3.05) is 18.1 Å². The molecule has 180 valence electrons. The largest absolute Gasteiger partial charge is 0.381 e. The second-order valence-electron chi connectivity index (χ2n) is 9.75. The summed E-state index contributed by atoms with van der Waals surface area (Å²) in [6, 6.07) is 11.4. The van der Waals surface area contributed by atoms with E-state index in [2.05, 4.69) is 0 Å². The summed E-state index contributed by atoms with van der Waals surface area (Å²) in [4.78, 5) is 15.0. The number of rotatable bonds is 5. The Hall–Kier alpha value is -1.60. The molecule has 0 N–H and O–H groups in total. The molecule has 8 heteroatoms. The Morgan fingerprint density at radius 3 is 2.09 bits per heavy atom. The molecular formula is C25H31Cl2NO4S. The lowest BCUT2D eigenvalue weighted by Crippen LogP contribution is -2.44. The minimum Gasteiger partial charge on any atom is -0.381 e. The van der Waals surface area contributed by atoms with Crippen molar-refractivity contribution in [2.24, 2.45) is 5.41 Å². The highest BCUT2D eigenvalue weighted by molar-refractivity contribution is 7.92. The van der Waals surface area contributed by atoms with Crippen LogP contribution in [0.5, 0.6) is 0 Å². The van der Waals surface area contributed by atoms with Gasteiger partial charge in [-0.2, -0.15) is 0 Å². The summed E-state index contributed by atoms with van der Waals surface area (Å²) in [5.74, 6) is -0.0316. The number of hydrogen-bond donors (Lipinski definition) is 0. The van der Waals surface area contributed by atoms with Crippen molar-refractivity contribution in [3.63, 3.8) is 0 Å². The molecule has 0 spiro atoms. The van der Waals surface area contributed by atoms with Crippen molar-refractivity contribution in [2.45, 2.75) is 63.1 Å². The predicted molar refractivity (Wildman–Crippen MR) is 134 cm³/mol. The molecule has 0 saturated carbocycles. The third-order valence-corrected chi connectivity index (χ3v) is 9.15. The molecular weight excluding hydrogens is 481 g/mol. The summed E-state index contributed by atoms with van der Waals surface area (Å²) in [6.45, 7) is 10.1. The van der Waals surface area contributed by atoms with Gasteiger partial charge >= 0.3 is 0 Å². The normalized spacial score (nSPS) is 16.6. The summed E-state index contributed by atoms with van der Waals surface area (Å²) in [7, 11) is -3.81. The molecule has 0 aliphatic carbocycles. The average Bonchev–Trinajstić information content (AvgIpc) is 2.73. The molecule has 1 saturated heterocycles. The van der Waals surface area contributed by atoms with Crippen LogP contribution < -0.4 is 4.90 Å². The maximum absolute atomic E-state index is 13.9. The van der Waals surface area contributed by atoms with Crippen molar-refractivity contribution in [1.29, 1.82) is 0 Å². The maximum Gasteiger partial charge on any atom is 0.232 e. The van der Waals surface area contributed by atoms with Gasteiger partial charge in [0.15, 0.2) is 9.84 Å². The second kappa shape index (κ2) is 9.57. The summed E-state index contributed by atoms with van der Waals surface area (Å²) >= 11 is 12.8. The number of ether oxygens (including phenoxy) is 1. The van der Waals surface area contributed by atoms with Crippen LogP contribution in [0.2, 0.25) is 10.0 Å². The fourth-order valence-corrected chi connectivity index (χ4v) is 6.91. The van der Waals surface area contributed by atoms with E-state index in [-0.39, 0.29) is 29.7 Å². The number of hydrogen-bond acceptors (Lipinski definition) is 4. The summed E-state index contributed by atoms with van der Waals surface area (Å²) in [5.41, 5.74) is 0.595. The van der Waals surface area contributed by atoms with Gasteiger partial charge in [0.2, 0.25) is 5.91 Å². The summed E-state index contributed by atoms with van der Waals surface area (Å²) in [5, 5.41) is 0.786. The molecule has 0 unspecified atom stereocenters. The van der Waals surface area contributed by atoms with Gasteiger partial charge in [-0.1, -0.05) is 50.0 Å². The Balaban J connectivity index is 2.14. The number of carbonyl (C=O) groups is 1. The monoisotopic (exact) mass is 511 g/mol. The molecule has 0 bridgehead atoms. The fourth-order valence-electron chi connectivity index (χ4n) is 4.26. The smallest absolute Gasteiger partial charge is 0.232 e. The van der Waals surface area contributed by atoms with Gasteiger partial charge in [-0.05, 0) is 68.7 Å². The molecule has 1 heterocycles. The second-order valence-corrected chi connectivity index (χ2v) is 12.9. The van der Waals surface area contributed by atoms with Crippen LogP contribution in [0.25, 0.3) is 0 Å². The zero-order valence-corrected chi connectivity index (χ0v) is 22.0. The lowest BCUT2D eigenvalue weighted by molar-refractivity contribution is -0.126. The number of anilines is 1. The van der Waals surface area contributed by atoms with E-state index in [4.69, 9.17) is 27.9 Å². The first-order chi connectivity index (χ1) is 15.3. The average molecular weight is 512 g/mol. The Kier molecular flexibility index (Phi) is 7.54. The molecule has 1 aliphatic heterocycles. The van der Waals surface area contributed by atoms with Crippen LogP contribution in [0.15, 0.2) is 47.4 Å². The standard InChI is InChI=1S/C25H31Cl2NO4S/c1-17(2)28(23(29)24(3,4)5)19-8-11-21(22(27)16-19)25(12-14-32-15-13-25)33(30,31)20-9-6-18(26)7-10-20/h6-11,16-17H,12-15H2,1-5H3. The first-order valence-electron chi connectivity index (χ1n) is 11.0. The van der Waals surface area contributed by atoms with Crippen molar-refractivity contribution in [3.05, 3.63) is 58.1 Å². The van der Waals surface area contributed by atoms with E-state index in [1.807, 2.05) is 34.6 Å². The van der Waals surface area contributed by atoms with Crippen LogP contribution in [0, 0.1) is 5.41 Å². The molecule has 1 fully saturated rings. The van der Waals surface area contributed by atoms with E-state index in [0.717, 1.165) is 0 Å². The van der Waals surface area contributed by atoms with Crippen LogP contribution in [-0.4, -0.2) is 33.6 Å². The van der Waals surface area contributed by atoms with Gasteiger partial charge in [0.25, 0.3) is 0 Å². The fraction of sp³-hybridized carbons (Fsp3) is 0.480. The van der Waals surface area contributed by atoms with Gasteiger partial charge < -0.3 is 9.64 Å². The quantitative estimate of drug-likeness (QED) is 0.474. The molecule has 0 aromatic heterocycles. The molecule has 3 rings (SSSR count). The first kappa shape index (κ1) is 26.0. The van der Waals surface area contributed by atoms with E-state index >= 15 is 0 Å². The van der Waals surface area contributed by atoms with E-state index in [0.29, 0.717) is 34.5 Å². The number of carbonyl (C=O) groups excluding carboxylic acids is 1. The van der Waals surface area contributed by atoms with Crippen LogP contribution in [0.4, 0.5) is 5.69 Å². The van der Waals surface area contributed by atoms with Gasteiger partial charge in [0.05, 0.1) is 4.90 Å². The van der Waals surface area contributed by atoms with Crippen LogP contribution in [-0.2, 0) is 24.1 Å². The van der Waals surface area contributed by atoms with Crippen LogP contribution in [0.3, 0.4) is 0 Å². The molecule has 0 radical (unpaired) electrons. The lowest BCUT2D eigenvalue weighted by Gasteiger charge is -2.38. The highest BCUT2D eigenvalue weighted by Crippen LogP contribution is 2.47. The minimum absolute atomic E-state index is 0.0316. The number of benzene rings is 2. The highest BCUT2D eigenvalue weighted by Gasteiger charge is 2.48. The molecule has 2 aromatic carbocycles. The van der Waals surface area contributed by atoms with E-state index in [1.54, 1.807) is 35.2 Å². The maximum atomic E-state index is 13.9. The SMILES string of the molecule is CC(C)N(C(=O)C(C)(C)C)c1ccc(C2(S(=O)(=O)c3ccc(Cl)cc3)CCOCC2)c(Cl)c1. The molecule has 0 atom stereocenters. The van der Waals surface area contributed by atoms with Gasteiger partial charge in [-0.15, -0.1) is 0 Å². The lowest BCUT2D eigenvalue weighted by atomic mass is 9.89. The Morgan fingerprint density at radius 2 is 1.61 bits per heavy atom. The van der Waals surface area contributed by atoms with Crippen molar-refractivity contribution in [1.82, 2.24) is 0 Å². The highest BCUT2D eigenvalue weighted by atomic mass is 35.5. The van der Waals surface area contributed by atoms with E-state index in [9.17, 15) is 13.2 Å². The Morgan fingerprint density at radius 1 is 1.03 bits per heavy atom. The Labute approximate surface area is 206 Å². The molecule has 1 amide bonds. The molecule has 33 heavy (non-hydrogen) atoms. The first-order valence-corrected chi connectivity index (χ1v) is 13.3. The summed E-state index contributed by atoms with van der Waals surface area (Å²) in [6.07, 6.45) is 0.567. The zero-order chi connectivity index (χ0) is 24.6. The zero-order valence-electron chi connectivity index (χ0n) is 19.7. The molecule has 5 nitrogen and oxygen atoms in total. The van der Waals surface area contributed by atoms with E-state index in [1.165, 1.54) is 12.1 Å². The summed E-state index contributed by atoms with van der Waals surface area (Å²) < 4.78 is 32.1. The topological polar surface area (TPSA) is 63.7 Å². The van der Waals surface area contributed by atoms with Crippen molar-refractivity contribution < 1.29 is 17.9 Å². The number of halogens is 2. The molecule has 2 aromatic rings. The minimum atomic E-state index is -3.81. The predicted octanol–water partition coefficient (Wildman–Crippen LogP) is 6.26. The molecule has 1 aliphatic rings. The van der Waals surface area contributed by atoms with Gasteiger partial charge in [-0.3, -0.25) is 4.79 Å². The van der Waals surface area contributed by atoms with Crippen molar-refractivity contribution in [3.8, 4) is 0 Å². The number of nitrogens with zero attached hydrogens (tertiary/aromatic N) is 1. The van der Waals surface area contributed by atoms with Crippen molar-refractivity contribution >= 4 is 44.6 Å². The third kappa shape index (κ3) is 4.95. The van der Waals surface area contributed by atoms with Crippen LogP contribution >= 0.6 is 23.2 Å². The third-order valence-electron chi connectivity index (χ3n) is 6.04. The Bertz CT molecular complexity index is 1120. The van der Waals surface area contributed by atoms with Crippen LogP contribution in [0.1, 0.15) is 53.0 Å².